The predicted molar refractivity (Wildman–Crippen MR) is 90.0 cm³/mol. The van der Waals surface area contributed by atoms with Crippen LogP contribution in [0.4, 0.5) is 4.39 Å². The number of hydrogen-bond acceptors (Lipinski definition) is 5. The number of benzene rings is 2. The Balaban J connectivity index is 1.48. The van der Waals surface area contributed by atoms with E-state index in [1.165, 1.54) is 24.3 Å². The normalized spacial score (nSPS) is 21.1. The molecule has 1 heterocycles. The molecule has 2 atom stereocenters. The molecule has 26 heavy (non-hydrogen) atoms. The van der Waals surface area contributed by atoms with E-state index < -0.39 is 21.8 Å². The Hall–Kier alpha value is -2.61. The Morgan fingerprint density at radius 2 is 1.81 bits per heavy atom. The van der Waals surface area contributed by atoms with E-state index in [9.17, 15) is 17.6 Å². The van der Waals surface area contributed by atoms with Gasteiger partial charge >= 0.3 is 0 Å². The predicted octanol–water partition coefficient (Wildman–Crippen LogP) is 2.21. The monoisotopic (exact) mass is 377 g/mol. The largest absolute Gasteiger partial charge is 0.486 e. The van der Waals surface area contributed by atoms with Gasteiger partial charge in [-0.1, -0.05) is 18.2 Å². The molecule has 2 aromatic carbocycles. The number of nitrogens with one attached hydrogen (secondary N) is 1. The molecule has 1 aliphatic carbocycles. The van der Waals surface area contributed by atoms with Crippen molar-refractivity contribution in [2.75, 3.05) is 13.2 Å². The quantitative estimate of drug-likeness (QED) is 0.883. The van der Waals surface area contributed by atoms with Crippen molar-refractivity contribution in [2.24, 2.45) is 5.92 Å². The summed E-state index contributed by atoms with van der Waals surface area (Å²) in [5.74, 6) is -1.09. The summed E-state index contributed by atoms with van der Waals surface area (Å²) >= 11 is 0. The number of amides is 1. The van der Waals surface area contributed by atoms with E-state index in [4.69, 9.17) is 9.47 Å². The minimum absolute atomic E-state index is 0.0850. The third-order valence-electron chi connectivity index (χ3n) is 4.49. The van der Waals surface area contributed by atoms with Crippen LogP contribution >= 0.6 is 0 Å². The Labute approximate surface area is 150 Å². The summed E-state index contributed by atoms with van der Waals surface area (Å²) in [6, 6.07) is 10.4. The zero-order valence-electron chi connectivity index (χ0n) is 13.6. The van der Waals surface area contributed by atoms with Gasteiger partial charge in [-0.15, -0.1) is 0 Å². The third-order valence-corrected chi connectivity index (χ3v) is 5.84. The number of sulfonamides is 1. The van der Waals surface area contributed by atoms with Gasteiger partial charge in [0.2, 0.25) is 5.91 Å². The van der Waals surface area contributed by atoms with Gasteiger partial charge in [0, 0.05) is 12.0 Å². The van der Waals surface area contributed by atoms with Gasteiger partial charge in [-0.3, -0.25) is 4.79 Å². The van der Waals surface area contributed by atoms with E-state index in [0.717, 1.165) is 0 Å². The van der Waals surface area contributed by atoms with Crippen LogP contribution in [0.3, 0.4) is 0 Å². The molecule has 1 N–H and O–H groups in total. The molecular weight excluding hydrogens is 361 g/mol. The highest BCUT2D eigenvalue weighted by Gasteiger charge is 2.46. The van der Waals surface area contributed by atoms with Crippen LogP contribution in [0, 0.1) is 11.7 Å². The van der Waals surface area contributed by atoms with Crippen molar-refractivity contribution in [1.29, 1.82) is 0 Å². The molecule has 8 heteroatoms. The summed E-state index contributed by atoms with van der Waals surface area (Å²) in [5.41, 5.74) is 0.435. The molecule has 1 saturated carbocycles. The van der Waals surface area contributed by atoms with Crippen molar-refractivity contribution in [1.82, 2.24) is 4.72 Å². The highest BCUT2D eigenvalue weighted by molar-refractivity contribution is 7.90. The highest BCUT2D eigenvalue weighted by atomic mass is 32.2. The van der Waals surface area contributed by atoms with E-state index in [2.05, 4.69) is 4.72 Å². The van der Waals surface area contributed by atoms with Crippen molar-refractivity contribution < 1.29 is 27.1 Å². The van der Waals surface area contributed by atoms with E-state index in [-0.39, 0.29) is 16.6 Å². The first-order valence-electron chi connectivity index (χ1n) is 8.16. The summed E-state index contributed by atoms with van der Waals surface area (Å²) < 4.78 is 51.5. The van der Waals surface area contributed by atoms with Crippen LogP contribution in [-0.2, 0) is 14.8 Å². The number of fused-ring (bicyclic) bond motifs is 1. The SMILES string of the molecule is O=C(NS(=O)(=O)c1ccc2c(c1)OCCO2)[C@H]1C[C@H]1c1ccccc1F. The smallest absolute Gasteiger partial charge is 0.264 e. The lowest BCUT2D eigenvalue weighted by Crippen LogP contribution is -2.32. The van der Waals surface area contributed by atoms with Crippen molar-refractivity contribution in [2.45, 2.75) is 17.2 Å². The molecule has 1 fully saturated rings. The maximum Gasteiger partial charge on any atom is 0.264 e. The van der Waals surface area contributed by atoms with Gasteiger partial charge < -0.3 is 9.47 Å². The van der Waals surface area contributed by atoms with E-state index in [1.807, 2.05) is 0 Å². The first-order chi connectivity index (χ1) is 12.5. The van der Waals surface area contributed by atoms with Crippen LogP contribution in [0.15, 0.2) is 47.4 Å². The number of ether oxygens (including phenoxy) is 2. The zero-order valence-corrected chi connectivity index (χ0v) is 14.5. The number of carbonyl (C=O) groups is 1. The molecule has 4 rings (SSSR count). The zero-order chi connectivity index (χ0) is 18.3. The van der Waals surface area contributed by atoms with Gasteiger partial charge in [0.15, 0.2) is 11.5 Å². The molecule has 1 aliphatic heterocycles. The summed E-state index contributed by atoms with van der Waals surface area (Å²) in [5, 5.41) is 0. The Morgan fingerprint density at radius 1 is 1.08 bits per heavy atom. The van der Waals surface area contributed by atoms with Gasteiger partial charge in [-0.2, -0.15) is 0 Å². The lowest BCUT2D eigenvalue weighted by Gasteiger charge is -2.18. The summed E-state index contributed by atoms with van der Waals surface area (Å²) in [4.78, 5) is 12.2. The lowest BCUT2D eigenvalue weighted by atomic mass is 10.1. The first-order valence-corrected chi connectivity index (χ1v) is 9.65. The first kappa shape index (κ1) is 16.8. The molecule has 1 amide bonds. The molecule has 0 unspecified atom stereocenters. The van der Waals surface area contributed by atoms with Crippen LogP contribution < -0.4 is 14.2 Å². The lowest BCUT2D eigenvalue weighted by molar-refractivity contribution is -0.120. The van der Waals surface area contributed by atoms with E-state index >= 15 is 0 Å². The van der Waals surface area contributed by atoms with Crippen molar-refractivity contribution >= 4 is 15.9 Å². The molecule has 0 radical (unpaired) electrons. The Bertz CT molecular complexity index is 975. The molecule has 0 saturated heterocycles. The fourth-order valence-electron chi connectivity index (χ4n) is 3.06. The topological polar surface area (TPSA) is 81.7 Å². The number of hydrogen-bond donors (Lipinski definition) is 1. The summed E-state index contributed by atoms with van der Waals surface area (Å²) in [6.45, 7) is 0.726. The molecule has 0 spiro atoms. The Kier molecular flexibility index (Phi) is 4.07. The third kappa shape index (κ3) is 3.12. The average Bonchev–Trinajstić information content (AvgIpc) is 3.42. The van der Waals surface area contributed by atoms with Crippen molar-refractivity contribution in [3.8, 4) is 11.5 Å². The van der Waals surface area contributed by atoms with E-state index in [1.54, 1.807) is 18.2 Å². The second kappa shape index (κ2) is 6.28. The minimum Gasteiger partial charge on any atom is -0.486 e. The molecular formula is C18H16FNO5S. The van der Waals surface area contributed by atoms with Crippen LogP contribution in [0.2, 0.25) is 0 Å². The molecule has 0 bridgehead atoms. The molecule has 0 aromatic heterocycles. The summed E-state index contributed by atoms with van der Waals surface area (Å²) in [6.07, 6.45) is 0.420. The molecule has 2 aromatic rings. The fraction of sp³-hybridized carbons (Fsp3) is 0.278. The molecule has 136 valence electrons. The maximum absolute atomic E-state index is 13.8. The minimum atomic E-state index is -4.04. The van der Waals surface area contributed by atoms with E-state index in [0.29, 0.717) is 36.7 Å². The number of rotatable bonds is 4. The van der Waals surface area contributed by atoms with Gasteiger partial charge in [0.05, 0.1) is 4.90 Å². The van der Waals surface area contributed by atoms with Crippen LogP contribution in [0.25, 0.3) is 0 Å². The van der Waals surface area contributed by atoms with Crippen LogP contribution in [0.1, 0.15) is 17.9 Å². The molecule has 6 nitrogen and oxygen atoms in total. The molecule has 2 aliphatic rings. The van der Waals surface area contributed by atoms with Crippen molar-refractivity contribution in [3.05, 3.63) is 53.8 Å². The second-order valence-corrected chi connectivity index (χ2v) is 7.93. The average molecular weight is 377 g/mol. The fourth-order valence-corrected chi connectivity index (χ4v) is 4.11. The van der Waals surface area contributed by atoms with Crippen LogP contribution in [-0.4, -0.2) is 27.5 Å². The second-order valence-electron chi connectivity index (χ2n) is 6.25. The van der Waals surface area contributed by atoms with Crippen molar-refractivity contribution in [3.63, 3.8) is 0 Å². The highest BCUT2D eigenvalue weighted by Crippen LogP contribution is 2.48. The van der Waals surface area contributed by atoms with Gasteiger partial charge in [0.25, 0.3) is 10.0 Å². The maximum atomic E-state index is 13.8. The standard InChI is InChI=1S/C18H16FNO5S/c19-15-4-2-1-3-12(15)13-10-14(13)18(21)20-26(22,23)11-5-6-16-17(9-11)25-8-7-24-16/h1-6,9,13-14H,7-8,10H2,(H,20,21)/t13-,14-/m0/s1. The Morgan fingerprint density at radius 3 is 2.58 bits per heavy atom. The summed E-state index contributed by atoms with van der Waals surface area (Å²) in [7, 11) is -4.04. The van der Waals surface area contributed by atoms with Gasteiger partial charge in [-0.25, -0.2) is 17.5 Å². The van der Waals surface area contributed by atoms with Crippen LogP contribution in [0.5, 0.6) is 11.5 Å². The number of carbonyl (C=O) groups excluding carboxylic acids is 1. The number of halogens is 1. The van der Waals surface area contributed by atoms with Gasteiger partial charge in [0.1, 0.15) is 19.0 Å². The van der Waals surface area contributed by atoms with Gasteiger partial charge in [-0.05, 0) is 36.1 Å².